The highest BCUT2D eigenvalue weighted by Gasteiger charge is 2.31. The van der Waals surface area contributed by atoms with Crippen molar-refractivity contribution in [3.63, 3.8) is 0 Å². The lowest BCUT2D eigenvalue weighted by molar-refractivity contribution is -0.144. The van der Waals surface area contributed by atoms with Gasteiger partial charge in [-0.3, -0.25) is 4.79 Å². The molecule has 1 fully saturated rings. The van der Waals surface area contributed by atoms with Crippen LogP contribution in [0, 0.1) is 5.92 Å². The highest BCUT2D eigenvalue weighted by Crippen LogP contribution is 2.14. The Balaban J connectivity index is 2.36. The molecule has 1 saturated heterocycles. The Kier molecular flexibility index (Phi) is 3.89. The van der Waals surface area contributed by atoms with Gasteiger partial charge in [-0.05, 0) is 25.7 Å². The molecule has 4 heteroatoms. The molecule has 0 aromatic heterocycles. The summed E-state index contributed by atoms with van der Waals surface area (Å²) < 4.78 is 5.23. The van der Waals surface area contributed by atoms with E-state index in [9.17, 15) is 4.79 Å². The minimum atomic E-state index is -0.789. The summed E-state index contributed by atoms with van der Waals surface area (Å²) >= 11 is 0. The molecule has 1 aliphatic heterocycles. The molecule has 0 radical (unpaired) electrons. The van der Waals surface area contributed by atoms with Crippen molar-refractivity contribution >= 4 is 5.97 Å². The Morgan fingerprint density at radius 2 is 2.43 bits per heavy atom. The number of ether oxygens (including phenoxy) is 1. The Bertz CT molecular complexity index is 202. The van der Waals surface area contributed by atoms with E-state index in [0.717, 1.165) is 26.2 Å². The molecule has 1 heterocycles. The van der Waals surface area contributed by atoms with Gasteiger partial charge in [0.1, 0.15) is 5.54 Å². The maximum Gasteiger partial charge on any atom is 0.323 e. The van der Waals surface area contributed by atoms with Gasteiger partial charge >= 0.3 is 5.97 Å². The Hall–Kier alpha value is -0.610. The molecule has 1 aliphatic rings. The highest BCUT2D eigenvalue weighted by molar-refractivity contribution is 5.78. The molecule has 82 valence electrons. The largest absolute Gasteiger partial charge is 0.480 e. The van der Waals surface area contributed by atoms with E-state index in [4.69, 9.17) is 9.84 Å². The molecule has 2 unspecified atom stereocenters. The fraction of sp³-hybridized carbons (Fsp3) is 0.900. The van der Waals surface area contributed by atoms with E-state index in [-0.39, 0.29) is 0 Å². The zero-order valence-electron chi connectivity index (χ0n) is 8.88. The summed E-state index contributed by atoms with van der Waals surface area (Å²) in [5.74, 6) is -0.306. The van der Waals surface area contributed by atoms with Gasteiger partial charge in [-0.1, -0.05) is 6.92 Å². The molecule has 0 aliphatic carbocycles. The number of hydrogen-bond acceptors (Lipinski definition) is 3. The number of carboxylic acid groups (broad SMARTS) is 1. The van der Waals surface area contributed by atoms with Crippen molar-refractivity contribution in [2.24, 2.45) is 5.92 Å². The summed E-state index contributed by atoms with van der Waals surface area (Å²) in [6, 6.07) is 0. The molecule has 0 aromatic rings. The first-order valence-corrected chi connectivity index (χ1v) is 5.14. The van der Waals surface area contributed by atoms with E-state index in [1.807, 2.05) is 6.92 Å². The van der Waals surface area contributed by atoms with Gasteiger partial charge in [0.05, 0.1) is 6.61 Å². The quantitative estimate of drug-likeness (QED) is 0.693. The van der Waals surface area contributed by atoms with E-state index in [1.165, 1.54) is 0 Å². The smallest absolute Gasteiger partial charge is 0.323 e. The van der Waals surface area contributed by atoms with E-state index in [2.05, 4.69) is 5.32 Å². The van der Waals surface area contributed by atoms with Crippen LogP contribution in [0.2, 0.25) is 0 Å². The van der Waals surface area contributed by atoms with Crippen LogP contribution in [0.15, 0.2) is 0 Å². The summed E-state index contributed by atoms with van der Waals surface area (Å²) in [6.45, 7) is 5.91. The monoisotopic (exact) mass is 201 g/mol. The fourth-order valence-corrected chi connectivity index (χ4v) is 1.47. The molecule has 0 saturated carbocycles. The summed E-state index contributed by atoms with van der Waals surface area (Å²) in [7, 11) is 0. The van der Waals surface area contributed by atoms with Gasteiger partial charge in [0.25, 0.3) is 0 Å². The zero-order valence-corrected chi connectivity index (χ0v) is 8.88. The third-order valence-electron chi connectivity index (χ3n) is 2.98. The van der Waals surface area contributed by atoms with Crippen LogP contribution in [0.3, 0.4) is 0 Å². The second-order valence-corrected chi connectivity index (χ2v) is 4.10. The lowest BCUT2D eigenvalue weighted by atomic mass is 9.98. The van der Waals surface area contributed by atoms with Crippen molar-refractivity contribution in [1.82, 2.24) is 5.32 Å². The van der Waals surface area contributed by atoms with Crippen LogP contribution < -0.4 is 5.32 Å². The van der Waals surface area contributed by atoms with Gasteiger partial charge in [-0.15, -0.1) is 0 Å². The molecule has 2 N–H and O–H groups in total. The predicted octanol–water partition coefficient (Wildman–Crippen LogP) is 0.866. The molecule has 0 bridgehead atoms. The van der Waals surface area contributed by atoms with Crippen LogP contribution in [0.4, 0.5) is 0 Å². The van der Waals surface area contributed by atoms with Crippen molar-refractivity contribution in [2.45, 2.75) is 32.2 Å². The maximum absolute atomic E-state index is 11.0. The van der Waals surface area contributed by atoms with Crippen LogP contribution in [0.25, 0.3) is 0 Å². The van der Waals surface area contributed by atoms with Crippen LogP contribution in [-0.4, -0.2) is 36.4 Å². The SMILES string of the molecule is CCC(C)(NCC1CCOC1)C(=O)O. The number of rotatable bonds is 5. The van der Waals surface area contributed by atoms with Crippen molar-refractivity contribution in [1.29, 1.82) is 0 Å². The molecular formula is C10H19NO3. The molecule has 1 rings (SSSR count). The molecule has 0 aromatic carbocycles. The minimum Gasteiger partial charge on any atom is -0.480 e. The predicted molar refractivity (Wildman–Crippen MR) is 53.3 cm³/mol. The summed E-state index contributed by atoms with van der Waals surface area (Å²) in [5, 5.41) is 12.1. The molecular weight excluding hydrogens is 182 g/mol. The molecule has 4 nitrogen and oxygen atoms in total. The normalized spacial score (nSPS) is 26.0. The van der Waals surface area contributed by atoms with Crippen molar-refractivity contribution in [3.8, 4) is 0 Å². The first-order chi connectivity index (χ1) is 6.58. The average molecular weight is 201 g/mol. The number of carboxylic acids is 1. The van der Waals surface area contributed by atoms with Gasteiger partial charge in [0, 0.05) is 13.2 Å². The van der Waals surface area contributed by atoms with Gasteiger partial charge < -0.3 is 15.2 Å². The molecule has 2 atom stereocenters. The second-order valence-electron chi connectivity index (χ2n) is 4.10. The van der Waals surface area contributed by atoms with Crippen LogP contribution >= 0.6 is 0 Å². The van der Waals surface area contributed by atoms with Crippen LogP contribution in [-0.2, 0) is 9.53 Å². The first kappa shape index (κ1) is 11.5. The van der Waals surface area contributed by atoms with Crippen molar-refractivity contribution in [3.05, 3.63) is 0 Å². The lowest BCUT2D eigenvalue weighted by Crippen LogP contribution is -2.50. The first-order valence-electron chi connectivity index (χ1n) is 5.14. The van der Waals surface area contributed by atoms with E-state index < -0.39 is 11.5 Å². The van der Waals surface area contributed by atoms with Gasteiger partial charge in [0.15, 0.2) is 0 Å². The Morgan fingerprint density at radius 1 is 1.71 bits per heavy atom. The zero-order chi connectivity index (χ0) is 10.6. The van der Waals surface area contributed by atoms with Crippen LogP contribution in [0.5, 0.6) is 0 Å². The minimum absolute atomic E-state index is 0.472. The summed E-state index contributed by atoms with van der Waals surface area (Å²) in [4.78, 5) is 11.0. The van der Waals surface area contributed by atoms with Gasteiger partial charge in [-0.25, -0.2) is 0 Å². The van der Waals surface area contributed by atoms with E-state index in [0.29, 0.717) is 12.3 Å². The lowest BCUT2D eigenvalue weighted by Gasteiger charge is -2.26. The summed E-state index contributed by atoms with van der Waals surface area (Å²) in [6.07, 6.45) is 1.63. The fourth-order valence-electron chi connectivity index (χ4n) is 1.47. The van der Waals surface area contributed by atoms with Gasteiger partial charge in [0.2, 0.25) is 0 Å². The number of aliphatic carboxylic acids is 1. The highest BCUT2D eigenvalue weighted by atomic mass is 16.5. The second kappa shape index (κ2) is 4.75. The molecule has 0 amide bonds. The standard InChI is InChI=1S/C10H19NO3/c1-3-10(2,9(12)13)11-6-8-4-5-14-7-8/h8,11H,3-7H2,1-2H3,(H,12,13). The molecule has 14 heavy (non-hydrogen) atoms. The van der Waals surface area contributed by atoms with Gasteiger partial charge in [-0.2, -0.15) is 0 Å². The Morgan fingerprint density at radius 3 is 2.86 bits per heavy atom. The third-order valence-corrected chi connectivity index (χ3v) is 2.98. The average Bonchev–Trinajstić information content (AvgIpc) is 2.66. The Labute approximate surface area is 84.6 Å². The van der Waals surface area contributed by atoms with Crippen LogP contribution in [0.1, 0.15) is 26.7 Å². The summed E-state index contributed by atoms with van der Waals surface area (Å²) in [5.41, 5.74) is -0.789. The van der Waals surface area contributed by atoms with E-state index in [1.54, 1.807) is 6.92 Å². The topological polar surface area (TPSA) is 58.6 Å². The number of carbonyl (C=O) groups is 1. The number of hydrogen-bond donors (Lipinski definition) is 2. The third kappa shape index (κ3) is 2.69. The molecule has 0 spiro atoms. The van der Waals surface area contributed by atoms with E-state index >= 15 is 0 Å². The maximum atomic E-state index is 11.0. The van der Waals surface area contributed by atoms with Crippen molar-refractivity contribution < 1.29 is 14.6 Å². The van der Waals surface area contributed by atoms with Crippen molar-refractivity contribution in [2.75, 3.05) is 19.8 Å². The number of nitrogens with one attached hydrogen (secondary N) is 1.